The Bertz CT molecular complexity index is 1780. The van der Waals surface area contributed by atoms with Crippen LogP contribution in [-0.2, 0) is 11.8 Å². The molecule has 0 aromatic carbocycles. The number of carboxylic acid groups (broad SMARTS) is 1. The van der Waals surface area contributed by atoms with Crippen LogP contribution in [0.4, 0.5) is 40.0 Å². The number of pyridine rings is 2. The number of hydrogen-bond donors (Lipinski definition) is 4. The SMILES string of the molecule is Cn1cc(-c2cnc3c(C(=O)Nc4cnccc4N4C[C@@H](NC(=O)O)C[C@@H](C(F)(F)F)C4)c(NC(=O)OC(C)(C)C)oc3c2)cn1. The molecule has 5 heterocycles. The molecule has 3 amide bonds. The number of halogens is 3. The number of ether oxygens (including phenoxy) is 1. The largest absolute Gasteiger partial charge is 0.465 e. The van der Waals surface area contributed by atoms with E-state index in [4.69, 9.17) is 9.15 Å². The molecule has 17 heteroatoms. The molecule has 0 unspecified atom stereocenters. The Morgan fingerprint density at radius 1 is 1.09 bits per heavy atom. The smallest absolute Gasteiger partial charge is 0.414 e. The van der Waals surface area contributed by atoms with Gasteiger partial charge in [-0.2, -0.15) is 18.3 Å². The third-order valence-corrected chi connectivity index (χ3v) is 7.04. The van der Waals surface area contributed by atoms with Gasteiger partial charge < -0.3 is 29.8 Å². The van der Waals surface area contributed by atoms with Gasteiger partial charge in [0.15, 0.2) is 5.58 Å². The van der Waals surface area contributed by atoms with Crippen molar-refractivity contribution in [2.45, 2.75) is 45.0 Å². The van der Waals surface area contributed by atoms with E-state index < -0.39 is 54.8 Å². The first-order chi connectivity index (χ1) is 21.6. The summed E-state index contributed by atoms with van der Waals surface area (Å²) >= 11 is 0. The predicted molar refractivity (Wildman–Crippen MR) is 160 cm³/mol. The lowest BCUT2D eigenvalue weighted by Gasteiger charge is -2.40. The summed E-state index contributed by atoms with van der Waals surface area (Å²) in [4.78, 5) is 47.6. The number of piperidine rings is 1. The second-order valence-electron chi connectivity index (χ2n) is 11.8. The predicted octanol–water partition coefficient (Wildman–Crippen LogP) is 5.25. The highest BCUT2D eigenvalue weighted by Gasteiger charge is 2.45. The van der Waals surface area contributed by atoms with Crippen molar-refractivity contribution in [3.05, 3.63) is 48.7 Å². The molecule has 4 N–H and O–H groups in total. The van der Waals surface area contributed by atoms with Crippen molar-refractivity contribution >= 4 is 46.5 Å². The first kappa shape index (κ1) is 32.1. The Morgan fingerprint density at radius 3 is 2.50 bits per heavy atom. The Hall–Kier alpha value is -5.35. The van der Waals surface area contributed by atoms with Gasteiger partial charge in [0.1, 0.15) is 16.7 Å². The molecular formula is C29H31F3N8O6. The maximum Gasteiger partial charge on any atom is 0.414 e. The van der Waals surface area contributed by atoms with Crippen LogP contribution in [0.5, 0.6) is 0 Å². The Morgan fingerprint density at radius 2 is 1.85 bits per heavy atom. The van der Waals surface area contributed by atoms with Gasteiger partial charge in [0.2, 0.25) is 5.88 Å². The van der Waals surface area contributed by atoms with Crippen molar-refractivity contribution in [1.29, 1.82) is 0 Å². The summed E-state index contributed by atoms with van der Waals surface area (Å²) in [6.07, 6.45) is 0.0727. The van der Waals surface area contributed by atoms with E-state index in [1.165, 1.54) is 29.6 Å². The quantitative estimate of drug-likeness (QED) is 0.217. The number of aryl methyl sites for hydroxylation is 1. The lowest BCUT2D eigenvalue weighted by atomic mass is 9.93. The number of hydrogen-bond acceptors (Lipinski definition) is 9. The molecule has 1 fully saturated rings. The van der Waals surface area contributed by atoms with Gasteiger partial charge >= 0.3 is 18.4 Å². The zero-order valence-electron chi connectivity index (χ0n) is 25.2. The molecule has 1 aliphatic heterocycles. The molecule has 0 bridgehead atoms. The molecule has 4 aromatic rings. The average molecular weight is 645 g/mol. The van der Waals surface area contributed by atoms with E-state index in [2.05, 4.69) is 31.0 Å². The van der Waals surface area contributed by atoms with E-state index >= 15 is 0 Å². The lowest BCUT2D eigenvalue weighted by molar-refractivity contribution is -0.177. The molecule has 0 spiro atoms. The van der Waals surface area contributed by atoms with Gasteiger partial charge in [-0.05, 0) is 39.3 Å². The maximum absolute atomic E-state index is 13.9. The number of nitrogens with one attached hydrogen (secondary N) is 3. The summed E-state index contributed by atoms with van der Waals surface area (Å²) in [5.41, 5.74) is 0.738. The summed E-state index contributed by atoms with van der Waals surface area (Å²) in [5, 5.41) is 20.6. The number of fused-ring (bicyclic) bond motifs is 1. The highest BCUT2D eigenvalue weighted by atomic mass is 19.4. The Labute approximate surface area is 259 Å². The summed E-state index contributed by atoms with van der Waals surface area (Å²) in [6, 6.07) is 2.00. The monoisotopic (exact) mass is 644 g/mol. The van der Waals surface area contributed by atoms with Crippen LogP contribution in [0.2, 0.25) is 0 Å². The van der Waals surface area contributed by atoms with E-state index in [0.29, 0.717) is 5.56 Å². The van der Waals surface area contributed by atoms with Gasteiger partial charge in [-0.15, -0.1) is 0 Å². The fourth-order valence-corrected chi connectivity index (χ4v) is 5.16. The number of nitrogens with zero attached hydrogens (tertiary/aromatic N) is 5. The molecule has 2 atom stereocenters. The Kier molecular flexibility index (Phi) is 8.51. The number of alkyl halides is 3. The molecule has 244 valence electrons. The first-order valence-electron chi connectivity index (χ1n) is 14.1. The number of carbonyl (C=O) groups excluding carboxylic acids is 2. The van der Waals surface area contributed by atoms with Gasteiger partial charge in [0.05, 0.1) is 35.7 Å². The van der Waals surface area contributed by atoms with Crippen molar-refractivity contribution in [3.63, 3.8) is 0 Å². The minimum atomic E-state index is -4.59. The number of aromatic nitrogens is 4. The summed E-state index contributed by atoms with van der Waals surface area (Å²) in [6.45, 7) is 4.40. The number of anilines is 3. The standard InChI is InChI=1S/C29H31F3N8O6/c1-28(2,3)46-27(44)38-25-22(23-21(45-25)7-15(9-34-23)16-10-35-39(4)12-16)24(41)37-19-11-33-6-5-20(19)40-13-17(29(30,31)32)8-18(14-40)36-26(42)43/h5-7,9-12,17-18,36H,8,13-14H2,1-4H3,(H,37,41)(H,38,44)(H,42,43)/t17-,18+/m1/s1. The number of carbonyl (C=O) groups is 3. The van der Waals surface area contributed by atoms with E-state index in [1.807, 2.05) is 0 Å². The van der Waals surface area contributed by atoms with Gasteiger partial charge in [-0.1, -0.05) is 0 Å². The van der Waals surface area contributed by atoms with E-state index in [9.17, 15) is 32.7 Å². The average Bonchev–Trinajstić information content (AvgIpc) is 3.53. The highest BCUT2D eigenvalue weighted by molar-refractivity contribution is 6.17. The highest BCUT2D eigenvalue weighted by Crippen LogP contribution is 2.38. The third kappa shape index (κ3) is 7.30. The Balaban J connectivity index is 1.50. The van der Waals surface area contributed by atoms with Gasteiger partial charge in [0.25, 0.3) is 5.91 Å². The summed E-state index contributed by atoms with van der Waals surface area (Å²) in [7, 11) is 1.75. The molecule has 1 saturated heterocycles. The van der Waals surface area contributed by atoms with Crippen molar-refractivity contribution < 1.29 is 41.8 Å². The molecule has 46 heavy (non-hydrogen) atoms. The molecule has 0 aliphatic carbocycles. The van der Waals surface area contributed by atoms with E-state index in [1.54, 1.807) is 51.0 Å². The molecule has 0 radical (unpaired) electrons. The molecular weight excluding hydrogens is 613 g/mol. The van der Waals surface area contributed by atoms with Crippen molar-refractivity contribution in [2.75, 3.05) is 28.6 Å². The third-order valence-electron chi connectivity index (χ3n) is 7.04. The fraction of sp³-hybridized carbons (Fsp3) is 0.379. The normalized spacial score (nSPS) is 17.1. The van der Waals surface area contributed by atoms with Crippen molar-refractivity contribution in [2.24, 2.45) is 13.0 Å². The van der Waals surface area contributed by atoms with Crippen molar-refractivity contribution in [3.8, 4) is 11.1 Å². The van der Waals surface area contributed by atoms with Crippen LogP contribution in [0.1, 0.15) is 37.6 Å². The van der Waals surface area contributed by atoms with Crippen LogP contribution in [0.25, 0.3) is 22.2 Å². The van der Waals surface area contributed by atoms with Crippen LogP contribution in [0.3, 0.4) is 0 Å². The molecule has 5 rings (SSSR count). The molecule has 14 nitrogen and oxygen atoms in total. The molecule has 1 aliphatic rings. The maximum atomic E-state index is 13.9. The second-order valence-corrected chi connectivity index (χ2v) is 11.8. The minimum absolute atomic E-state index is 0.0361. The first-order valence-corrected chi connectivity index (χ1v) is 14.1. The number of furan rings is 1. The summed E-state index contributed by atoms with van der Waals surface area (Å²) in [5.74, 6) is -2.93. The fourth-order valence-electron chi connectivity index (χ4n) is 5.16. The van der Waals surface area contributed by atoms with Gasteiger partial charge in [0, 0.05) is 49.9 Å². The lowest BCUT2D eigenvalue weighted by Crippen LogP contribution is -2.53. The molecule has 4 aromatic heterocycles. The second kappa shape index (κ2) is 12.2. The van der Waals surface area contributed by atoms with Crippen LogP contribution < -0.4 is 20.9 Å². The molecule has 0 saturated carbocycles. The zero-order valence-corrected chi connectivity index (χ0v) is 25.2. The van der Waals surface area contributed by atoms with Crippen LogP contribution >= 0.6 is 0 Å². The van der Waals surface area contributed by atoms with E-state index in [-0.39, 0.29) is 40.5 Å². The van der Waals surface area contributed by atoms with Crippen LogP contribution in [0, 0.1) is 5.92 Å². The van der Waals surface area contributed by atoms with Gasteiger partial charge in [-0.3, -0.25) is 24.8 Å². The van der Waals surface area contributed by atoms with E-state index in [0.717, 1.165) is 5.56 Å². The minimum Gasteiger partial charge on any atom is -0.465 e. The number of amides is 3. The number of rotatable bonds is 6. The van der Waals surface area contributed by atoms with Crippen LogP contribution in [-0.4, -0.2) is 73.9 Å². The van der Waals surface area contributed by atoms with Gasteiger partial charge in [-0.25, -0.2) is 9.59 Å². The van der Waals surface area contributed by atoms with Crippen molar-refractivity contribution in [1.82, 2.24) is 25.1 Å². The zero-order chi connectivity index (χ0) is 33.4. The topological polar surface area (TPSA) is 177 Å². The summed E-state index contributed by atoms with van der Waals surface area (Å²) < 4.78 is 54.3. The van der Waals surface area contributed by atoms with Crippen LogP contribution in [0.15, 0.2) is 47.5 Å².